The lowest BCUT2D eigenvalue weighted by Crippen LogP contribution is -2.03. The molecule has 23 heavy (non-hydrogen) atoms. The van der Waals surface area contributed by atoms with Gasteiger partial charge in [0.1, 0.15) is 11.6 Å². The Balaban J connectivity index is 2.52. The molecule has 0 heterocycles. The van der Waals surface area contributed by atoms with Gasteiger partial charge in [0.15, 0.2) is 0 Å². The van der Waals surface area contributed by atoms with Gasteiger partial charge >= 0.3 is 0 Å². The van der Waals surface area contributed by atoms with Crippen LogP contribution in [0, 0.1) is 11.6 Å². The molecule has 0 aliphatic heterocycles. The molecule has 6 heteroatoms. The Morgan fingerprint density at radius 3 is 2.57 bits per heavy atom. The number of benzene rings is 2. The van der Waals surface area contributed by atoms with E-state index in [0.29, 0.717) is 15.9 Å². The molecule has 0 unspecified atom stereocenters. The minimum atomic E-state index is -0.419. The van der Waals surface area contributed by atoms with Gasteiger partial charge in [-0.15, -0.1) is 11.8 Å². The maximum absolute atomic E-state index is 14.0. The summed E-state index contributed by atoms with van der Waals surface area (Å²) in [6.45, 7) is 1.99. The van der Waals surface area contributed by atoms with E-state index in [0.717, 1.165) is 16.2 Å². The van der Waals surface area contributed by atoms with Gasteiger partial charge in [-0.3, -0.25) is 0 Å². The van der Waals surface area contributed by atoms with Crippen molar-refractivity contribution in [1.29, 1.82) is 0 Å². The Morgan fingerprint density at radius 2 is 2.00 bits per heavy atom. The van der Waals surface area contributed by atoms with Crippen molar-refractivity contribution in [1.82, 2.24) is 0 Å². The van der Waals surface area contributed by atoms with Gasteiger partial charge in [-0.2, -0.15) is 0 Å². The number of thioether (sulfide) groups is 1. The molecule has 2 aromatic rings. The molecule has 0 radical (unpaired) electrons. The zero-order valence-electron chi connectivity index (χ0n) is 12.6. The molecule has 0 aliphatic rings. The normalized spacial score (nSPS) is 12.1. The van der Waals surface area contributed by atoms with Crippen LogP contribution in [0.5, 0.6) is 0 Å². The molecule has 0 aliphatic carbocycles. The highest BCUT2D eigenvalue weighted by atomic mass is 79.9. The summed E-state index contributed by atoms with van der Waals surface area (Å²) in [4.78, 5) is 0. The Morgan fingerprint density at radius 1 is 1.26 bits per heavy atom. The van der Waals surface area contributed by atoms with E-state index in [-0.39, 0.29) is 11.5 Å². The SMILES string of the molecule is CCC(=C(Nc1c(F)cccc1Cl)SC)c1ccc(F)cc1Br. The molecule has 0 aromatic heterocycles. The molecule has 0 saturated heterocycles. The summed E-state index contributed by atoms with van der Waals surface area (Å²) >= 11 is 10.9. The van der Waals surface area contributed by atoms with Gasteiger partial charge in [-0.25, -0.2) is 8.78 Å². The Bertz CT molecular complexity index is 729. The maximum atomic E-state index is 14.0. The summed E-state index contributed by atoms with van der Waals surface area (Å²) in [6, 6.07) is 9.07. The van der Waals surface area contributed by atoms with Crippen molar-refractivity contribution in [2.24, 2.45) is 0 Å². The second kappa shape index (κ2) is 8.18. The lowest BCUT2D eigenvalue weighted by atomic mass is 10.0. The number of hydrogen-bond donors (Lipinski definition) is 1. The Labute approximate surface area is 152 Å². The molecule has 0 amide bonds. The number of allylic oxidation sites excluding steroid dienone is 1. The molecule has 0 bridgehead atoms. The summed E-state index contributed by atoms with van der Waals surface area (Å²) in [5.41, 5.74) is 2.05. The second-order valence-corrected chi connectivity index (χ2v) is 6.79. The van der Waals surface area contributed by atoms with Crippen LogP contribution in [-0.4, -0.2) is 6.26 Å². The van der Waals surface area contributed by atoms with E-state index >= 15 is 0 Å². The van der Waals surface area contributed by atoms with Crippen molar-refractivity contribution >= 4 is 50.6 Å². The van der Waals surface area contributed by atoms with E-state index in [1.165, 1.54) is 30.0 Å². The summed E-state index contributed by atoms with van der Waals surface area (Å²) in [6.07, 6.45) is 2.59. The van der Waals surface area contributed by atoms with Crippen LogP contribution in [0.15, 0.2) is 45.9 Å². The maximum Gasteiger partial charge on any atom is 0.148 e. The van der Waals surface area contributed by atoms with E-state index < -0.39 is 5.82 Å². The molecular formula is C17H15BrClF2NS. The monoisotopic (exact) mass is 417 g/mol. The van der Waals surface area contributed by atoms with Crippen LogP contribution < -0.4 is 5.32 Å². The number of nitrogens with one attached hydrogen (secondary N) is 1. The molecule has 1 N–H and O–H groups in total. The summed E-state index contributed by atoms with van der Waals surface area (Å²) in [7, 11) is 0. The van der Waals surface area contributed by atoms with Crippen molar-refractivity contribution in [3.05, 3.63) is 68.1 Å². The third-order valence-corrected chi connectivity index (χ3v) is 5.02. The van der Waals surface area contributed by atoms with Gasteiger partial charge < -0.3 is 5.32 Å². The van der Waals surface area contributed by atoms with Crippen molar-refractivity contribution < 1.29 is 8.78 Å². The molecule has 0 spiro atoms. The number of hydrogen-bond acceptors (Lipinski definition) is 2. The largest absolute Gasteiger partial charge is 0.346 e. The summed E-state index contributed by atoms with van der Waals surface area (Å²) in [5, 5.41) is 4.16. The first-order chi connectivity index (χ1) is 11.0. The number of para-hydroxylation sites is 1. The van der Waals surface area contributed by atoms with Crippen LogP contribution in [0.1, 0.15) is 18.9 Å². The quantitative estimate of drug-likeness (QED) is 0.564. The van der Waals surface area contributed by atoms with Crippen molar-refractivity contribution in [3.63, 3.8) is 0 Å². The highest BCUT2D eigenvalue weighted by molar-refractivity contribution is 9.10. The first-order valence-corrected chi connectivity index (χ1v) is 9.31. The van der Waals surface area contributed by atoms with E-state index in [4.69, 9.17) is 11.6 Å². The first-order valence-electron chi connectivity index (χ1n) is 6.91. The minimum absolute atomic E-state index is 0.239. The van der Waals surface area contributed by atoms with Gasteiger partial charge in [0.05, 0.1) is 15.7 Å². The molecule has 1 nitrogen and oxygen atoms in total. The predicted octanol–water partition coefficient (Wildman–Crippen LogP) is 6.93. The first kappa shape index (κ1) is 18.3. The van der Waals surface area contributed by atoms with Crippen LogP contribution in [0.3, 0.4) is 0 Å². The summed E-state index contributed by atoms with van der Waals surface area (Å²) < 4.78 is 28.0. The topological polar surface area (TPSA) is 12.0 Å². The van der Waals surface area contributed by atoms with E-state index in [1.807, 2.05) is 13.2 Å². The van der Waals surface area contributed by atoms with Gasteiger partial charge in [-0.1, -0.05) is 46.6 Å². The fourth-order valence-electron chi connectivity index (χ4n) is 2.19. The summed E-state index contributed by atoms with van der Waals surface area (Å²) in [5.74, 6) is -0.732. The fourth-order valence-corrected chi connectivity index (χ4v) is 3.69. The van der Waals surface area contributed by atoms with Gasteiger partial charge in [-0.05, 0) is 48.1 Å². The number of halogens is 4. The third-order valence-electron chi connectivity index (χ3n) is 3.29. The molecule has 0 atom stereocenters. The number of rotatable bonds is 5. The second-order valence-electron chi connectivity index (χ2n) is 4.71. The molecule has 2 rings (SSSR count). The molecular weight excluding hydrogens is 404 g/mol. The molecule has 0 saturated carbocycles. The van der Waals surface area contributed by atoms with Crippen molar-refractivity contribution in [2.75, 3.05) is 11.6 Å². The standard InChI is InChI=1S/C17H15BrClF2NS/c1-3-11(12-8-7-10(20)9-13(12)18)17(23-2)22-16-14(19)5-4-6-15(16)21/h4-9,22H,3H2,1-2H3. The lowest BCUT2D eigenvalue weighted by molar-refractivity contribution is 0.626. The van der Waals surface area contributed by atoms with Crippen molar-refractivity contribution in [3.8, 4) is 0 Å². The average molecular weight is 419 g/mol. The Kier molecular flexibility index (Phi) is 6.50. The van der Waals surface area contributed by atoms with E-state index in [2.05, 4.69) is 21.2 Å². The predicted molar refractivity (Wildman–Crippen MR) is 99.9 cm³/mol. The van der Waals surface area contributed by atoms with Gasteiger partial charge in [0.25, 0.3) is 0 Å². The van der Waals surface area contributed by atoms with Crippen LogP contribution in [0.25, 0.3) is 5.57 Å². The highest BCUT2D eigenvalue weighted by Gasteiger charge is 2.14. The Hall–Kier alpha value is -1.04. The zero-order chi connectivity index (χ0) is 17.0. The minimum Gasteiger partial charge on any atom is -0.346 e. The van der Waals surface area contributed by atoms with E-state index in [1.54, 1.807) is 18.2 Å². The molecule has 122 valence electrons. The van der Waals surface area contributed by atoms with Crippen molar-refractivity contribution in [2.45, 2.75) is 13.3 Å². The number of anilines is 1. The zero-order valence-corrected chi connectivity index (χ0v) is 15.7. The molecule has 0 fully saturated rings. The van der Waals surface area contributed by atoms with Crippen LogP contribution in [-0.2, 0) is 0 Å². The van der Waals surface area contributed by atoms with Crippen LogP contribution >= 0.6 is 39.3 Å². The van der Waals surface area contributed by atoms with Crippen LogP contribution in [0.4, 0.5) is 14.5 Å². The van der Waals surface area contributed by atoms with Crippen LogP contribution in [0.2, 0.25) is 5.02 Å². The van der Waals surface area contributed by atoms with E-state index in [9.17, 15) is 8.78 Å². The van der Waals surface area contributed by atoms with Gasteiger partial charge in [0.2, 0.25) is 0 Å². The third kappa shape index (κ3) is 4.28. The molecule has 2 aromatic carbocycles. The highest BCUT2D eigenvalue weighted by Crippen LogP contribution is 2.35. The smallest absolute Gasteiger partial charge is 0.148 e. The lowest BCUT2D eigenvalue weighted by Gasteiger charge is -2.17. The average Bonchev–Trinajstić information content (AvgIpc) is 2.51. The van der Waals surface area contributed by atoms with Gasteiger partial charge in [0, 0.05) is 4.47 Å². The fraction of sp³-hybridized carbons (Fsp3) is 0.176.